The highest BCUT2D eigenvalue weighted by molar-refractivity contribution is 5.94. The molecular formula is C21H20N2O4. The van der Waals surface area contributed by atoms with E-state index in [0.717, 1.165) is 11.3 Å². The topological polar surface area (TPSA) is 72.7 Å². The van der Waals surface area contributed by atoms with Crippen LogP contribution >= 0.6 is 0 Å². The summed E-state index contributed by atoms with van der Waals surface area (Å²) < 4.78 is 16.2. The second-order valence-corrected chi connectivity index (χ2v) is 6.30. The molecule has 2 aromatic carbocycles. The molecule has 1 aromatic heterocycles. The third kappa shape index (κ3) is 3.80. The van der Waals surface area contributed by atoms with Gasteiger partial charge in [-0.15, -0.1) is 0 Å². The van der Waals surface area contributed by atoms with Gasteiger partial charge in [-0.2, -0.15) is 0 Å². The largest absolute Gasteiger partial charge is 0.467 e. The molecule has 0 radical (unpaired) electrons. The molecule has 0 fully saturated rings. The predicted octanol–water partition coefficient (Wildman–Crippen LogP) is 3.71. The first kappa shape index (κ1) is 17.2. The van der Waals surface area contributed by atoms with Gasteiger partial charge in [0.15, 0.2) is 11.5 Å². The van der Waals surface area contributed by atoms with E-state index in [-0.39, 0.29) is 18.7 Å². The molecule has 6 heteroatoms. The van der Waals surface area contributed by atoms with E-state index in [4.69, 9.17) is 13.9 Å². The van der Waals surface area contributed by atoms with Crippen LogP contribution in [-0.2, 0) is 4.79 Å². The first-order chi connectivity index (χ1) is 13.2. The lowest BCUT2D eigenvalue weighted by atomic mass is 10.0. The van der Waals surface area contributed by atoms with Gasteiger partial charge < -0.3 is 19.2 Å². The predicted molar refractivity (Wildman–Crippen MR) is 101 cm³/mol. The number of ether oxygens (including phenoxy) is 2. The van der Waals surface area contributed by atoms with Gasteiger partial charge in [0.25, 0.3) is 0 Å². The molecule has 1 aliphatic heterocycles. The molecule has 1 amide bonds. The van der Waals surface area contributed by atoms with E-state index >= 15 is 0 Å². The zero-order valence-corrected chi connectivity index (χ0v) is 14.8. The van der Waals surface area contributed by atoms with E-state index in [1.807, 2.05) is 49.4 Å². The molecule has 2 N–H and O–H groups in total. The lowest BCUT2D eigenvalue weighted by Crippen LogP contribution is -2.40. The number of carbonyl (C=O) groups excluding carboxylic acids is 1. The Balaban J connectivity index is 1.47. The number of amides is 1. The van der Waals surface area contributed by atoms with Crippen LogP contribution in [0.4, 0.5) is 5.69 Å². The lowest BCUT2D eigenvalue weighted by molar-refractivity contribution is -0.117. The van der Waals surface area contributed by atoms with Crippen LogP contribution in [0.25, 0.3) is 0 Å². The van der Waals surface area contributed by atoms with Crippen LogP contribution in [0, 0.1) is 0 Å². The quantitative estimate of drug-likeness (QED) is 0.697. The van der Waals surface area contributed by atoms with Gasteiger partial charge in [-0.25, -0.2) is 0 Å². The highest BCUT2D eigenvalue weighted by atomic mass is 16.7. The molecule has 6 nitrogen and oxygen atoms in total. The molecule has 0 spiro atoms. The maximum Gasteiger partial charge on any atom is 0.241 e. The van der Waals surface area contributed by atoms with Crippen molar-refractivity contribution < 1.29 is 18.7 Å². The molecule has 1 aliphatic rings. The Morgan fingerprint density at radius 3 is 2.59 bits per heavy atom. The molecule has 3 aromatic rings. The molecule has 2 atom stereocenters. The van der Waals surface area contributed by atoms with Crippen molar-refractivity contribution in [2.24, 2.45) is 0 Å². The lowest BCUT2D eigenvalue weighted by Gasteiger charge is -2.22. The molecular weight excluding hydrogens is 344 g/mol. The standard InChI is InChI=1S/C21H20N2O4/c1-14(21(24)23-16-9-10-17-19(12-16)27-13-26-17)22-20(18-8-5-11-25-18)15-6-3-2-4-7-15/h2-12,14,20,22H,13H2,1H3,(H,23,24)/t14-,20+/m0/s1. The molecule has 0 aliphatic carbocycles. The van der Waals surface area contributed by atoms with Crippen LogP contribution in [0.1, 0.15) is 24.3 Å². The number of rotatable bonds is 6. The Morgan fingerprint density at radius 1 is 1.00 bits per heavy atom. The van der Waals surface area contributed by atoms with Crippen LogP contribution < -0.4 is 20.1 Å². The van der Waals surface area contributed by atoms with E-state index < -0.39 is 6.04 Å². The fraction of sp³-hybridized carbons (Fsp3) is 0.190. The van der Waals surface area contributed by atoms with Gasteiger partial charge in [-0.3, -0.25) is 10.1 Å². The molecule has 2 heterocycles. The number of anilines is 1. The Morgan fingerprint density at radius 2 is 1.81 bits per heavy atom. The third-order valence-corrected chi connectivity index (χ3v) is 4.41. The Hall–Kier alpha value is -3.25. The minimum Gasteiger partial charge on any atom is -0.467 e. The number of hydrogen-bond acceptors (Lipinski definition) is 5. The van der Waals surface area contributed by atoms with Crippen molar-refractivity contribution in [1.82, 2.24) is 5.32 Å². The normalized spacial score (nSPS) is 14.6. The number of furan rings is 1. The second-order valence-electron chi connectivity index (χ2n) is 6.30. The summed E-state index contributed by atoms with van der Waals surface area (Å²) >= 11 is 0. The highest BCUT2D eigenvalue weighted by Gasteiger charge is 2.23. The van der Waals surface area contributed by atoms with Gasteiger partial charge >= 0.3 is 0 Å². The van der Waals surface area contributed by atoms with Crippen LogP contribution in [0.3, 0.4) is 0 Å². The van der Waals surface area contributed by atoms with Crippen molar-refractivity contribution >= 4 is 11.6 Å². The van der Waals surface area contributed by atoms with Crippen LogP contribution in [-0.4, -0.2) is 18.7 Å². The second kappa shape index (κ2) is 7.55. The number of benzene rings is 2. The Labute approximate surface area is 157 Å². The SMILES string of the molecule is C[C@H](N[C@H](c1ccccc1)c1ccco1)C(=O)Nc1ccc2c(c1)OCO2. The van der Waals surface area contributed by atoms with Crippen molar-refractivity contribution in [1.29, 1.82) is 0 Å². The Bertz CT molecular complexity index is 909. The summed E-state index contributed by atoms with van der Waals surface area (Å²) in [6, 6.07) is 18.3. The van der Waals surface area contributed by atoms with Crippen molar-refractivity contribution in [2.45, 2.75) is 19.0 Å². The van der Waals surface area contributed by atoms with Crippen molar-refractivity contribution in [3.05, 3.63) is 78.3 Å². The van der Waals surface area contributed by atoms with Crippen LogP contribution in [0.15, 0.2) is 71.3 Å². The first-order valence-electron chi connectivity index (χ1n) is 8.75. The fourth-order valence-corrected chi connectivity index (χ4v) is 2.99. The summed E-state index contributed by atoms with van der Waals surface area (Å²) in [5.74, 6) is 1.91. The minimum atomic E-state index is -0.453. The molecule has 27 heavy (non-hydrogen) atoms. The summed E-state index contributed by atoms with van der Waals surface area (Å²) in [6.45, 7) is 2.02. The fourth-order valence-electron chi connectivity index (χ4n) is 2.99. The summed E-state index contributed by atoms with van der Waals surface area (Å²) in [5.41, 5.74) is 1.68. The van der Waals surface area contributed by atoms with Gasteiger partial charge in [-0.05, 0) is 36.8 Å². The van der Waals surface area contributed by atoms with Crippen molar-refractivity contribution in [2.75, 3.05) is 12.1 Å². The van der Waals surface area contributed by atoms with Crippen LogP contribution in [0.2, 0.25) is 0 Å². The zero-order valence-electron chi connectivity index (χ0n) is 14.8. The van der Waals surface area contributed by atoms with Gasteiger partial charge in [0, 0.05) is 11.8 Å². The molecule has 138 valence electrons. The van der Waals surface area contributed by atoms with Gasteiger partial charge in [-0.1, -0.05) is 30.3 Å². The molecule has 0 bridgehead atoms. The number of nitrogens with one attached hydrogen (secondary N) is 2. The average molecular weight is 364 g/mol. The molecule has 0 saturated heterocycles. The third-order valence-electron chi connectivity index (χ3n) is 4.41. The van der Waals surface area contributed by atoms with E-state index in [9.17, 15) is 4.79 Å². The maximum absolute atomic E-state index is 12.7. The van der Waals surface area contributed by atoms with Gasteiger partial charge in [0.1, 0.15) is 5.76 Å². The van der Waals surface area contributed by atoms with E-state index in [1.165, 1.54) is 0 Å². The van der Waals surface area contributed by atoms with Gasteiger partial charge in [0.2, 0.25) is 12.7 Å². The average Bonchev–Trinajstić information content (AvgIpc) is 3.38. The van der Waals surface area contributed by atoms with E-state index in [1.54, 1.807) is 24.5 Å². The van der Waals surface area contributed by atoms with Crippen LogP contribution in [0.5, 0.6) is 11.5 Å². The first-order valence-corrected chi connectivity index (χ1v) is 8.75. The number of carbonyl (C=O) groups is 1. The summed E-state index contributed by atoms with van der Waals surface area (Å²) in [7, 11) is 0. The van der Waals surface area contributed by atoms with E-state index in [0.29, 0.717) is 17.2 Å². The van der Waals surface area contributed by atoms with Crippen molar-refractivity contribution in [3.63, 3.8) is 0 Å². The summed E-state index contributed by atoms with van der Waals surface area (Å²) in [6.07, 6.45) is 1.63. The highest BCUT2D eigenvalue weighted by Crippen LogP contribution is 2.34. The smallest absolute Gasteiger partial charge is 0.241 e. The van der Waals surface area contributed by atoms with Gasteiger partial charge in [0.05, 0.1) is 18.3 Å². The number of fused-ring (bicyclic) bond motifs is 1. The molecule has 0 unspecified atom stereocenters. The van der Waals surface area contributed by atoms with E-state index in [2.05, 4.69) is 10.6 Å². The zero-order chi connectivity index (χ0) is 18.6. The summed E-state index contributed by atoms with van der Waals surface area (Å²) in [5, 5.41) is 6.25. The minimum absolute atomic E-state index is 0.152. The molecule has 0 saturated carbocycles. The Kier molecular flexibility index (Phi) is 4.80. The monoisotopic (exact) mass is 364 g/mol. The molecule has 4 rings (SSSR count). The number of hydrogen-bond donors (Lipinski definition) is 2. The van der Waals surface area contributed by atoms with Crippen molar-refractivity contribution in [3.8, 4) is 11.5 Å². The summed E-state index contributed by atoms with van der Waals surface area (Å²) in [4.78, 5) is 12.7. The maximum atomic E-state index is 12.7.